The van der Waals surface area contributed by atoms with Crippen LogP contribution in [0.1, 0.15) is 0 Å². The summed E-state index contributed by atoms with van der Waals surface area (Å²) in [6, 6.07) is 55.8. The molecule has 0 amide bonds. The van der Waals surface area contributed by atoms with Gasteiger partial charge < -0.3 is 4.57 Å². The fourth-order valence-electron chi connectivity index (χ4n) is 7.51. The molecule has 230 valence electrons. The Balaban J connectivity index is 1.20. The normalized spacial score (nSPS) is 13.1. The summed E-state index contributed by atoms with van der Waals surface area (Å²) >= 11 is 0. The average molecular weight is 644 g/mol. The highest BCUT2D eigenvalue weighted by atomic mass is 31.1. The van der Waals surface area contributed by atoms with Crippen LogP contribution in [-0.2, 0) is 6.29 Å². The van der Waals surface area contributed by atoms with E-state index in [1.165, 1.54) is 76.5 Å². The van der Waals surface area contributed by atoms with E-state index in [2.05, 4.69) is 167 Å². The van der Waals surface area contributed by atoms with Crippen LogP contribution >= 0.6 is 8.58 Å². The predicted octanol–water partition coefficient (Wildman–Crippen LogP) is 12.5. The maximum atomic E-state index is 4.79. The third-order valence-corrected chi connectivity index (χ3v) is 10.7. The molecule has 4 heteroatoms. The Labute approximate surface area is 286 Å². The van der Waals surface area contributed by atoms with Crippen molar-refractivity contribution in [3.05, 3.63) is 158 Å². The zero-order chi connectivity index (χ0) is 32.3. The third-order valence-electron chi connectivity index (χ3n) is 9.90. The lowest BCUT2D eigenvalue weighted by Crippen LogP contribution is -1.93. The molecule has 1 aliphatic rings. The van der Waals surface area contributed by atoms with Gasteiger partial charge in [0.25, 0.3) is 0 Å². The summed E-state index contributed by atoms with van der Waals surface area (Å²) in [6.45, 7) is 0. The van der Waals surface area contributed by atoms with Gasteiger partial charge >= 0.3 is 0 Å². The van der Waals surface area contributed by atoms with Gasteiger partial charge in [-0.25, -0.2) is 9.98 Å². The van der Waals surface area contributed by atoms with Gasteiger partial charge in [0.1, 0.15) is 0 Å². The summed E-state index contributed by atoms with van der Waals surface area (Å²) in [4.78, 5) is 9.27. The Morgan fingerprint density at radius 1 is 0.449 bits per heavy atom. The fourth-order valence-corrected chi connectivity index (χ4v) is 8.23. The van der Waals surface area contributed by atoms with Crippen molar-refractivity contribution >= 4 is 63.6 Å². The van der Waals surface area contributed by atoms with Crippen LogP contribution in [0.5, 0.6) is 0 Å². The van der Waals surface area contributed by atoms with E-state index >= 15 is 0 Å². The molecule has 0 saturated heterocycles. The summed E-state index contributed by atoms with van der Waals surface area (Å²) in [5.41, 5.74) is 9.44. The number of aromatic nitrogens is 2. The zero-order valence-electron chi connectivity index (χ0n) is 26.6. The van der Waals surface area contributed by atoms with Gasteiger partial charge in [-0.05, 0) is 94.7 Å². The molecule has 0 bridgehead atoms. The first-order valence-electron chi connectivity index (χ1n) is 16.7. The average Bonchev–Trinajstić information content (AvgIpc) is 3.61. The standard InChI is InChI=1S/C45H30N3P/c1-3-9-33-23-36(19-15-29(33)7-1)43-38-11-5-6-12-39(38)44(37-20-16-30-8-2-4-10-34(30)24-37)41-25-35(21-22-40(41)43)31-13-17-32(18-14-31)42-26-48-28-49-27-46-45(48)47-42/h1-27,49H,28H2. The Bertz CT molecular complexity index is 2770. The number of fused-ring (bicyclic) bond motifs is 5. The number of imidazole rings is 1. The first-order chi connectivity index (χ1) is 24.3. The van der Waals surface area contributed by atoms with Crippen LogP contribution in [0.2, 0.25) is 0 Å². The molecule has 1 atom stereocenters. The topological polar surface area (TPSA) is 30.2 Å². The molecule has 49 heavy (non-hydrogen) atoms. The first kappa shape index (κ1) is 28.2. The molecule has 0 spiro atoms. The van der Waals surface area contributed by atoms with Crippen LogP contribution in [0.4, 0.5) is 5.95 Å². The van der Waals surface area contributed by atoms with E-state index in [9.17, 15) is 0 Å². The van der Waals surface area contributed by atoms with Gasteiger partial charge in [-0.2, -0.15) is 0 Å². The summed E-state index contributed by atoms with van der Waals surface area (Å²) in [6.07, 6.45) is 3.08. The molecule has 8 aromatic carbocycles. The van der Waals surface area contributed by atoms with E-state index in [1.54, 1.807) is 0 Å². The first-order valence-corrected chi connectivity index (χ1v) is 18.0. The summed E-state index contributed by atoms with van der Waals surface area (Å²) in [7, 11) is 0.704. The van der Waals surface area contributed by atoms with E-state index in [4.69, 9.17) is 4.98 Å². The van der Waals surface area contributed by atoms with Gasteiger partial charge in [0.2, 0.25) is 5.95 Å². The number of nitrogens with zero attached hydrogens (tertiary/aromatic N) is 3. The number of aliphatic imine (C=N–C) groups is 1. The molecular weight excluding hydrogens is 613 g/mol. The molecule has 9 aromatic rings. The molecule has 10 rings (SSSR count). The highest BCUT2D eigenvalue weighted by molar-refractivity contribution is 7.54. The maximum absolute atomic E-state index is 4.79. The van der Waals surface area contributed by atoms with Crippen molar-refractivity contribution in [3.8, 4) is 44.6 Å². The van der Waals surface area contributed by atoms with E-state index in [1.807, 2.05) is 5.96 Å². The minimum absolute atomic E-state index is 0.704. The lowest BCUT2D eigenvalue weighted by Gasteiger charge is -2.19. The lowest BCUT2D eigenvalue weighted by molar-refractivity contribution is 0.883. The van der Waals surface area contributed by atoms with Crippen LogP contribution in [0, 0.1) is 0 Å². The minimum Gasteiger partial charge on any atom is -0.311 e. The SMILES string of the molecule is C1=Nc2nc(-c3ccc(-c4ccc5c(-c6ccc7ccccc7c6)c6ccccc6c(-c6ccc7ccccc7c6)c5c4)cc3)cn2CP1. The van der Waals surface area contributed by atoms with Gasteiger partial charge in [-0.15, -0.1) is 0 Å². The molecule has 3 nitrogen and oxygen atoms in total. The monoisotopic (exact) mass is 643 g/mol. The van der Waals surface area contributed by atoms with Gasteiger partial charge in [0.15, 0.2) is 0 Å². The van der Waals surface area contributed by atoms with Crippen LogP contribution in [0.15, 0.2) is 163 Å². The van der Waals surface area contributed by atoms with Gasteiger partial charge in [-0.1, -0.05) is 142 Å². The minimum atomic E-state index is 0.704. The Morgan fingerprint density at radius 2 is 0.980 bits per heavy atom. The van der Waals surface area contributed by atoms with E-state index < -0.39 is 0 Å². The summed E-state index contributed by atoms with van der Waals surface area (Å²) in [5, 5.41) is 10.0. The van der Waals surface area contributed by atoms with Crippen molar-refractivity contribution in [2.75, 3.05) is 0 Å². The Morgan fingerprint density at radius 3 is 1.63 bits per heavy atom. The number of benzene rings is 8. The molecule has 0 saturated carbocycles. The molecule has 0 aliphatic carbocycles. The van der Waals surface area contributed by atoms with Crippen LogP contribution in [0.3, 0.4) is 0 Å². The van der Waals surface area contributed by atoms with E-state index in [0.29, 0.717) is 8.58 Å². The molecule has 2 heterocycles. The second-order valence-electron chi connectivity index (χ2n) is 12.8. The molecular formula is C45H30N3P. The fraction of sp³-hybridized carbons (Fsp3) is 0.0222. The van der Waals surface area contributed by atoms with E-state index in [0.717, 1.165) is 23.5 Å². The second-order valence-corrected chi connectivity index (χ2v) is 13.8. The summed E-state index contributed by atoms with van der Waals surface area (Å²) < 4.78 is 2.15. The van der Waals surface area contributed by atoms with Crippen LogP contribution in [-0.4, -0.2) is 15.5 Å². The van der Waals surface area contributed by atoms with Gasteiger partial charge in [-0.3, -0.25) is 0 Å². The Kier molecular flexibility index (Phi) is 6.53. The quantitative estimate of drug-likeness (QED) is 0.139. The molecule has 1 aliphatic heterocycles. The number of rotatable bonds is 4. The molecule has 1 unspecified atom stereocenters. The van der Waals surface area contributed by atoms with Crippen molar-refractivity contribution in [1.82, 2.24) is 9.55 Å². The van der Waals surface area contributed by atoms with Crippen molar-refractivity contribution in [3.63, 3.8) is 0 Å². The van der Waals surface area contributed by atoms with Gasteiger partial charge in [0.05, 0.1) is 5.69 Å². The highest BCUT2D eigenvalue weighted by Gasteiger charge is 2.18. The maximum Gasteiger partial charge on any atom is 0.230 e. The van der Waals surface area contributed by atoms with Crippen LogP contribution < -0.4 is 0 Å². The van der Waals surface area contributed by atoms with Crippen molar-refractivity contribution in [2.45, 2.75) is 6.29 Å². The smallest absolute Gasteiger partial charge is 0.230 e. The molecule has 0 N–H and O–H groups in total. The predicted molar refractivity (Wildman–Crippen MR) is 210 cm³/mol. The molecule has 0 fully saturated rings. The number of hydrogen-bond acceptors (Lipinski definition) is 2. The van der Waals surface area contributed by atoms with Gasteiger partial charge in [0, 0.05) is 24.0 Å². The van der Waals surface area contributed by atoms with Crippen LogP contribution in [0.25, 0.3) is 87.7 Å². The highest BCUT2D eigenvalue weighted by Crippen LogP contribution is 2.46. The van der Waals surface area contributed by atoms with Crippen molar-refractivity contribution in [1.29, 1.82) is 0 Å². The summed E-state index contributed by atoms with van der Waals surface area (Å²) in [5.74, 6) is 2.78. The molecule has 1 aromatic heterocycles. The van der Waals surface area contributed by atoms with E-state index in [-0.39, 0.29) is 0 Å². The van der Waals surface area contributed by atoms with Crippen molar-refractivity contribution < 1.29 is 0 Å². The third kappa shape index (κ3) is 4.78. The Hall–Kier alpha value is -5.89. The zero-order valence-corrected chi connectivity index (χ0v) is 27.6. The lowest BCUT2D eigenvalue weighted by atomic mass is 9.84. The van der Waals surface area contributed by atoms with Crippen molar-refractivity contribution in [2.24, 2.45) is 4.99 Å². The number of hydrogen-bond donors (Lipinski definition) is 0. The molecule has 0 radical (unpaired) electrons. The second kappa shape index (κ2) is 11.4. The largest absolute Gasteiger partial charge is 0.311 e.